The lowest BCUT2D eigenvalue weighted by molar-refractivity contribution is -0.120. The van der Waals surface area contributed by atoms with E-state index >= 15 is 0 Å². The van der Waals surface area contributed by atoms with Crippen LogP contribution in [0.3, 0.4) is 0 Å². The third-order valence-electron chi connectivity index (χ3n) is 4.36. The molecule has 0 aromatic heterocycles. The summed E-state index contributed by atoms with van der Waals surface area (Å²) in [5.41, 5.74) is 0.457. The SMILES string of the molecule is CCCNC(=O)CNCC1CCC(C(C)(C)C)CC1. The van der Waals surface area contributed by atoms with E-state index < -0.39 is 0 Å². The van der Waals surface area contributed by atoms with Crippen molar-refractivity contribution < 1.29 is 4.79 Å². The number of hydrogen-bond donors (Lipinski definition) is 2. The largest absolute Gasteiger partial charge is 0.355 e. The number of amides is 1. The zero-order valence-electron chi connectivity index (χ0n) is 13.2. The summed E-state index contributed by atoms with van der Waals surface area (Å²) < 4.78 is 0. The maximum atomic E-state index is 11.5. The Morgan fingerprint density at radius 2 is 1.79 bits per heavy atom. The lowest BCUT2D eigenvalue weighted by atomic mass is 9.70. The van der Waals surface area contributed by atoms with Gasteiger partial charge in [0, 0.05) is 6.54 Å². The standard InChI is InChI=1S/C16H32N2O/c1-5-10-18-15(19)12-17-11-13-6-8-14(9-7-13)16(2,3)4/h13-14,17H,5-12H2,1-4H3,(H,18,19). The Bertz CT molecular complexity index is 262. The lowest BCUT2D eigenvalue weighted by Crippen LogP contribution is -2.37. The summed E-state index contributed by atoms with van der Waals surface area (Å²) in [7, 11) is 0. The second-order valence-electron chi connectivity index (χ2n) is 7.06. The average molecular weight is 268 g/mol. The van der Waals surface area contributed by atoms with Crippen molar-refractivity contribution in [3.05, 3.63) is 0 Å². The Morgan fingerprint density at radius 1 is 1.16 bits per heavy atom. The Morgan fingerprint density at radius 3 is 2.32 bits per heavy atom. The maximum Gasteiger partial charge on any atom is 0.233 e. The van der Waals surface area contributed by atoms with E-state index in [1.54, 1.807) is 0 Å². The van der Waals surface area contributed by atoms with Crippen LogP contribution < -0.4 is 10.6 Å². The molecule has 0 saturated heterocycles. The van der Waals surface area contributed by atoms with Crippen molar-refractivity contribution in [1.29, 1.82) is 0 Å². The summed E-state index contributed by atoms with van der Waals surface area (Å²) in [5, 5.41) is 6.20. The molecule has 0 aliphatic heterocycles. The molecule has 1 aliphatic rings. The van der Waals surface area contributed by atoms with Gasteiger partial charge in [0.25, 0.3) is 0 Å². The van der Waals surface area contributed by atoms with E-state index in [9.17, 15) is 4.79 Å². The van der Waals surface area contributed by atoms with Crippen LogP contribution in [0.15, 0.2) is 0 Å². The molecule has 0 radical (unpaired) electrons. The first-order valence-corrected chi connectivity index (χ1v) is 7.91. The minimum atomic E-state index is 0.130. The molecule has 1 saturated carbocycles. The number of carbonyl (C=O) groups excluding carboxylic acids is 1. The molecular formula is C16H32N2O. The molecule has 0 heterocycles. The molecule has 0 aromatic rings. The summed E-state index contributed by atoms with van der Waals surface area (Å²) >= 11 is 0. The molecule has 0 atom stereocenters. The molecule has 112 valence electrons. The van der Waals surface area contributed by atoms with Crippen LogP contribution in [-0.2, 0) is 4.79 Å². The summed E-state index contributed by atoms with van der Waals surface area (Å²) in [6.45, 7) is 11.4. The van der Waals surface area contributed by atoms with Crippen LogP contribution in [-0.4, -0.2) is 25.5 Å². The minimum Gasteiger partial charge on any atom is -0.355 e. The Kier molecular flexibility index (Phi) is 6.84. The molecular weight excluding hydrogens is 236 g/mol. The molecule has 2 N–H and O–H groups in total. The van der Waals surface area contributed by atoms with Crippen molar-refractivity contribution in [2.75, 3.05) is 19.6 Å². The van der Waals surface area contributed by atoms with Gasteiger partial charge in [0.1, 0.15) is 0 Å². The van der Waals surface area contributed by atoms with E-state index in [0.29, 0.717) is 12.0 Å². The van der Waals surface area contributed by atoms with Crippen LogP contribution in [0.25, 0.3) is 0 Å². The first-order valence-electron chi connectivity index (χ1n) is 7.91. The highest BCUT2D eigenvalue weighted by Gasteiger charge is 2.29. The van der Waals surface area contributed by atoms with Gasteiger partial charge >= 0.3 is 0 Å². The highest BCUT2D eigenvalue weighted by molar-refractivity contribution is 5.77. The smallest absolute Gasteiger partial charge is 0.233 e. The van der Waals surface area contributed by atoms with E-state index in [-0.39, 0.29) is 5.91 Å². The van der Waals surface area contributed by atoms with Crippen LogP contribution >= 0.6 is 0 Å². The van der Waals surface area contributed by atoms with Gasteiger partial charge < -0.3 is 10.6 Å². The number of rotatable bonds is 6. The van der Waals surface area contributed by atoms with E-state index in [1.165, 1.54) is 25.7 Å². The van der Waals surface area contributed by atoms with Gasteiger partial charge in [-0.05, 0) is 55.9 Å². The number of carbonyl (C=O) groups is 1. The van der Waals surface area contributed by atoms with Crippen molar-refractivity contribution in [3.8, 4) is 0 Å². The Labute approximate surface area is 118 Å². The van der Waals surface area contributed by atoms with Gasteiger partial charge in [0.15, 0.2) is 0 Å². The molecule has 0 unspecified atom stereocenters. The number of nitrogens with one attached hydrogen (secondary N) is 2. The quantitative estimate of drug-likeness (QED) is 0.777. The van der Waals surface area contributed by atoms with Gasteiger partial charge in [-0.15, -0.1) is 0 Å². The minimum absolute atomic E-state index is 0.130. The summed E-state index contributed by atoms with van der Waals surface area (Å²) in [4.78, 5) is 11.5. The van der Waals surface area contributed by atoms with E-state index in [4.69, 9.17) is 0 Å². The summed E-state index contributed by atoms with van der Waals surface area (Å²) in [6, 6.07) is 0. The first-order chi connectivity index (χ1) is 8.93. The molecule has 3 heteroatoms. The highest BCUT2D eigenvalue weighted by atomic mass is 16.1. The molecule has 1 amide bonds. The fourth-order valence-corrected chi connectivity index (χ4v) is 2.95. The molecule has 1 rings (SSSR count). The second kappa shape index (κ2) is 7.88. The predicted octanol–water partition coefficient (Wildman–Crippen LogP) is 2.95. The van der Waals surface area contributed by atoms with Crippen LogP contribution in [0.2, 0.25) is 0 Å². The molecule has 0 aromatic carbocycles. The van der Waals surface area contributed by atoms with Gasteiger partial charge in [0.2, 0.25) is 5.91 Å². The van der Waals surface area contributed by atoms with Crippen molar-refractivity contribution in [1.82, 2.24) is 10.6 Å². The van der Waals surface area contributed by atoms with Crippen LogP contribution in [0, 0.1) is 17.3 Å². The van der Waals surface area contributed by atoms with Gasteiger partial charge in [0.05, 0.1) is 6.54 Å². The van der Waals surface area contributed by atoms with E-state index in [2.05, 4.69) is 38.3 Å². The topological polar surface area (TPSA) is 41.1 Å². The molecule has 0 bridgehead atoms. The third-order valence-corrected chi connectivity index (χ3v) is 4.36. The van der Waals surface area contributed by atoms with Crippen molar-refractivity contribution >= 4 is 5.91 Å². The monoisotopic (exact) mass is 268 g/mol. The van der Waals surface area contributed by atoms with Crippen molar-refractivity contribution in [3.63, 3.8) is 0 Å². The van der Waals surface area contributed by atoms with Crippen LogP contribution in [0.1, 0.15) is 59.8 Å². The Balaban J connectivity index is 2.11. The van der Waals surface area contributed by atoms with Crippen LogP contribution in [0.5, 0.6) is 0 Å². The van der Waals surface area contributed by atoms with Gasteiger partial charge in [-0.25, -0.2) is 0 Å². The molecule has 1 fully saturated rings. The average Bonchev–Trinajstić information content (AvgIpc) is 2.36. The molecule has 3 nitrogen and oxygen atoms in total. The second-order valence-corrected chi connectivity index (χ2v) is 7.06. The van der Waals surface area contributed by atoms with Crippen molar-refractivity contribution in [2.45, 2.75) is 59.8 Å². The van der Waals surface area contributed by atoms with E-state index in [0.717, 1.165) is 31.3 Å². The zero-order chi connectivity index (χ0) is 14.3. The summed E-state index contributed by atoms with van der Waals surface area (Å²) in [5.74, 6) is 1.76. The first kappa shape index (κ1) is 16.5. The highest BCUT2D eigenvalue weighted by Crippen LogP contribution is 2.39. The van der Waals surface area contributed by atoms with Gasteiger partial charge in [-0.1, -0.05) is 27.7 Å². The normalized spacial score (nSPS) is 24.2. The fraction of sp³-hybridized carbons (Fsp3) is 0.938. The lowest BCUT2D eigenvalue weighted by Gasteiger charge is -2.37. The Hall–Kier alpha value is -0.570. The molecule has 1 aliphatic carbocycles. The fourth-order valence-electron chi connectivity index (χ4n) is 2.95. The van der Waals surface area contributed by atoms with Crippen LogP contribution in [0.4, 0.5) is 0 Å². The molecule has 0 spiro atoms. The maximum absolute atomic E-state index is 11.5. The van der Waals surface area contributed by atoms with E-state index in [1.807, 2.05) is 0 Å². The predicted molar refractivity (Wildman–Crippen MR) is 81.1 cm³/mol. The zero-order valence-corrected chi connectivity index (χ0v) is 13.2. The van der Waals surface area contributed by atoms with Crippen molar-refractivity contribution in [2.24, 2.45) is 17.3 Å². The number of hydrogen-bond acceptors (Lipinski definition) is 2. The third kappa shape index (κ3) is 6.42. The summed E-state index contributed by atoms with van der Waals surface area (Å²) in [6.07, 6.45) is 6.31. The van der Waals surface area contributed by atoms with Gasteiger partial charge in [-0.2, -0.15) is 0 Å². The van der Waals surface area contributed by atoms with Gasteiger partial charge in [-0.3, -0.25) is 4.79 Å². The molecule has 19 heavy (non-hydrogen) atoms.